The summed E-state index contributed by atoms with van der Waals surface area (Å²) in [5, 5.41) is 13.2. The van der Waals surface area contributed by atoms with E-state index in [0.717, 1.165) is 17.5 Å². The first-order valence-corrected chi connectivity index (χ1v) is 6.76. The zero-order valence-corrected chi connectivity index (χ0v) is 11.9. The van der Waals surface area contributed by atoms with E-state index in [9.17, 15) is 9.50 Å². The third-order valence-corrected chi connectivity index (χ3v) is 3.26. The molecule has 20 heavy (non-hydrogen) atoms. The average molecular weight is 274 g/mol. The van der Waals surface area contributed by atoms with Gasteiger partial charge < -0.3 is 10.4 Å². The first-order chi connectivity index (χ1) is 9.54. The molecule has 0 aliphatic heterocycles. The van der Waals surface area contributed by atoms with Gasteiger partial charge in [0.15, 0.2) is 11.6 Å². The van der Waals surface area contributed by atoms with Crippen molar-refractivity contribution in [3.63, 3.8) is 0 Å². The number of halogens is 1. The van der Waals surface area contributed by atoms with Gasteiger partial charge in [0.2, 0.25) is 0 Å². The van der Waals surface area contributed by atoms with E-state index in [-0.39, 0.29) is 23.3 Å². The van der Waals surface area contributed by atoms with Gasteiger partial charge in [-0.15, -0.1) is 0 Å². The summed E-state index contributed by atoms with van der Waals surface area (Å²) in [6.45, 7) is 6.05. The molecule has 0 fully saturated rings. The Morgan fingerprint density at radius 2 is 2.00 bits per heavy atom. The molecule has 3 nitrogen and oxygen atoms in total. The summed E-state index contributed by atoms with van der Waals surface area (Å²) < 4.78 is 13.6. The number of pyridine rings is 1. The van der Waals surface area contributed by atoms with Gasteiger partial charge in [0.25, 0.3) is 0 Å². The van der Waals surface area contributed by atoms with Crippen LogP contribution in [0.15, 0.2) is 30.5 Å². The number of aromatic hydroxyl groups is 1. The lowest BCUT2D eigenvalue weighted by Gasteiger charge is -2.17. The Balaban J connectivity index is 2.44. The van der Waals surface area contributed by atoms with E-state index in [2.05, 4.69) is 10.3 Å². The standard InChI is InChI=1S/C16H19FN2O/c1-4-11-9-18-16(15(20)14(11)10(2)3)19-13-8-6-5-7-12(13)17/h5-10,20H,4H2,1-3H3,(H,18,19). The van der Waals surface area contributed by atoms with Gasteiger partial charge in [-0.2, -0.15) is 0 Å². The maximum atomic E-state index is 13.6. The first kappa shape index (κ1) is 14.3. The maximum absolute atomic E-state index is 13.6. The van der Waals surface area contributed by atoms with Crippen LogP contribution in [0.5, 0.6) is 5.75 Å². The highest BCUT2D eigenvalue weighted by molar-refractivity contribution is 5.65. The normalized spacial score (nSPS) is 10.8. The SMILES string of the molecule is CCc1cnc(Nc2ccccc2F)c(O)c1C(C)C. The van der Waals surface area contributed by atoms with Crippen LogP contribution in [0.1, 0.15) is 37.8 Å². The molecule has 0 aliphatic carbocycles. The molecule has 1 aromatic carbocycles. The molecule has 0 amide bonds. The van der Waals surface area contributed by atoms with E-state index in [4.69, 9.17) is 0 Å². The number of nitrogens with zero attached hydrogens (tertiary/aromatic N) is 1. The van der Waals surface area contributed by atoms with Crippen molar-refractivity contribution in [2.24, 2.45) is 0 Å². The van der Waals surface area contributed by atoms with Gasteiger partial charge in [-0.05, 0) is 30.0 Å². The summed E-state index contributed by atoms with van der Waals surface area (Å²) in [6.07, 6.45) is 2.53. The Hall–Kier alpha value is -2.10. The lowest BCUT2D eigenvalue weighted by molar-refractivity contribution is 0.463. The Morgan fingerprint density at radius 1 is 1.30 bits per heavy atom. The molecule has 1 aromatic heterocycles. The molecular formula is C16H19FN2O. The number of nitrogens with one attached hydrogen (secondary N) is 1. The van der Waals surface area contributed by atoms with Crippen LogP contribution in [-0.4, -0.2) is 10.1 Å². The van der Waals surface area contributed by atoms with Crippen LogP contribution in [0.3, 0.4) is 0 Å². The monoisotopic (exact) mass is 274 g/mol. The van der Waals surface area contributed by atoms with E-state index < -0.39 is 0 Å². The minimum Gasteiger partial charge on any atom is -0.504 e. The Kier molecular flexibility index (Phi) is 4.23. The van der Waals surface area contributed by atoms with Crippen LogP contribution < -0.4 is 5.32 Å². The van der Waals surface area contributed by atoms with Crippen molar-refractivity contribution < 1.29 is 9.50 Å². The van der Waals surface area contributed by atoms with Gasteiger partial charge in [0.1, 0.15) is 5.82 Å². The lowest BCUT2D eigenvalue weighted by atomic mass is 9.96. The van der Waals surface area contributed by atoms with Crippen LogP contribution in [0.2, 0.25) is 0 Å². The predicted octanol–water partition coefficient (Wildman–Crippen LogP) is 4.36. The van der Waals surface area contributed by atoms with Crippen molar-refractivity contribution in [1.29, 1.82) is 0 Å². The number of aryl methyl sites for hydroxylation is 1. The number of benzene rings is 1. The molecule has 0 saturated heterocycles. The third-order valence-electron chi connectivity index (χ3n) is 3.26. The largest absolute Gasteiger partial charge is 0.504 e. The summed E-state index contributed by atoms with van der Waals surface area (Å²) in [5.74, 6) is 0.187. The molecule has 0 radical (unpaired) electrons. The van der Waals surface area contributed by atoms with Crippen LogP contribution in [0, 0.1) is 5.82 Å². The minimum absolute atomic E-state index is 0.0996. The third kappa shape index (κ3) is 2.74. The molecular weight excluding hydrogens is 255 g/mol. The number of hydrogen-bond acceptors (Lipinski definition) is 3. The van der Waals surface area contributed by atoms with E-state index in [0.29, 0.717) is 5.69 Å². The molecule has 2 rings (SSSR count). The molecule has 106 valence electrons. The zero-order valence-electron chi connectivity index (χ0n) is 11.9. The molecule has 0 bridgehead atoms. The number of anilines is 2. The van der Waals surface area contributed by atoms with Crippen molar-refractivity contribution in [3.05, 3.63) is 47.4 Å². The van der Waals surface area contributed by atoms with E-state index in [1.54, 1.807) is 24.4 Å². The molecule has 0 unspecified atom stereocenters. The number of hydrogen-bond donors (Lipinski definition) is 2. The van der Waals surface area contributed by atoms with E-state index >= 15 is 0 Å². The highest BCUT2D eigenvalue weighted by Crippen LogP contribution is 2.35. The molecule has 0 saturated carbocycles. The van der Waals surface area contributed by atoms with Crippen LogP contribution in [0.25, 0.3) is 0 Å². The van der Waals surface area contributed by atoms with E-state index in [1.165, 1.54) is 6.07 Å². The van der Waals surface area contributed by atoms with Gasteiger partial charge >= 0.3 is 0 Å². The predicted molar refractivity (Wildman–Crippen MR) is 79.1 cm³/mol. The van der Waals surface area contributed by atoms with Crippen molar-refractivity contribution in [3.8, 4) is 5.75 Å². The van der Waals surface area contributed by atoms with E-state index in [1.807, 2.05) is 20.8 Å². The highest BCUT2D eigenvalue weighted by atomic mass is 19.1. The second-order valence-corrected chi connectivity index (χ2v) is 5.01. The lowest BCUT2D eigenvalue weighted by Crippen LogP contribution is -2.03. The second-order valence-electron chi connectivity index (χ2n) is 5.01. The zero-order chi connectivity index (χ0) is 14.7. The smallest absolute Gasteiger partial charge is 0.173 e. The molecule has 2 aromatic rings. The van der Waals surface area contributed by atoms with Crippen molar-refractivity contribution >= 4 is 11.5 Å². The Bertz CT molecular complexity index is 611. The molecule has 0 atom stereocenters. The summed E-state index contributed by atoms with van der Waals surface area (Å²) in [7, 11) is 0. The Morgan fingerprint density at radius 3 is 2.60 bits per heavy atom. The summed E-state index contributed by atoms with van der Waals surface area (Å²) >= 11 is 0. The topological polar surface area (TPSA) is 45.2 Å². The minimum atomic E-state index is -0.376. The van der Waals surface area contributed by atoms with Crippen LogP contribution >= 0.6 is 0 Å². The van der Waals surface area contributed by atoms with Gasteiger partial charge in [-0.1, -0.05) is 32.9 Å². The van der Waals surface area contributed by atoms with Gasteiger partial charge in [-0.3, -0.25) is 0 Å². The fourth-order valence-corrected chi connectivity index (χ4v) is 2.26. The molecule has 0 spiro atoms. The number of aromatic nitrogens is 1. The quantitative estimate of drug-likeness (QED) is 0.871. The van der Waals surface area contributed by atoms with Crippen molar-refractivity contribution in [2.75, 3.05) is 5.32 Å². The van der Waals surface area contributed by atoms with Gasteiger partial charge in [0, 0.05) is 11.8 Å². The molecule has 0 aliphatic rings. The summed E-state index contributed by atoms with van der Waals surface area (Å²) in [6, 6.07) is 6.32. The molecule has 2 N–H and O–H groups in total. The number of para-hydroxylation sites is 1. The summed E-state index contributed by atoms with van der Waals surface area (Å²) in [4.78, 5) is 4.20. The highest BCUT2D eigenvalue weighted by Gasteiger charge is 2.16. The molecule has 1 heterocycles. The Labute approximate surface area is 118 Å². The average Bonchev–Trinajstić information content (AvgIpc) is 2.42. The number of rotatable bonds is 4. The van der Waals surface area contributed by atoms with Crippen LogP contribution in [0.4, 0.5) is 15.9 Å². The van der Waals surface area contributed by atoms with Crippen molar-refractivity contribution in [1.82, 2.24) is 4.98 Å². The van der Waals surface area contributed by atoms with Crippen LogP contribution in [-0.2, 0) is 6.42 Å². The van der Waals surface area contributed by atoms with Crippen molar-refractivity contribution in [2.45, 2.75) is 33.1 Å². The molecule has 4 heteroatoms. The fourth-order valence-electron chi connectivity index (χ4n) is 2.26. The van der Waals surface area contributed by atoms with Gasteiger partial charge in [0.05, 0.1) is 5.69 Å². The maximum Gasteiger partial charge on any atom is 0.173 e. The second kappa shape index (κ2) is 5.90. The first-order valence-electron chi connectivity index (χ1n) is 6.76. The fraction of sp³-hybridized carbons (Fsp3) is 0.312. The van der Waals surface area contributed by atoms with Gasteiger partial charge in [-0.25, -0.2) is 9.37 Å². The summed E-state index contributed by atoms with van der Waals surface area (Å²) in [5.41, 5.74) is 2.17.